The van der Waals surface area contributed by atoms with E-state index in [0.29, 0.717) is 5.92 Å². The normalized spacial score (nSPS) is 41.9. The second kappa shape index (κ2) is 4.95. The zero-order valence-electron chi connectivity index (χ0n) is 10.4. The number of ether oxygens (including phenoxy) is 2. The molecule has 0 aromatic carbocycles. The van der Waals surface area contributed by atoms with E-state index in [1.165, 1.54) is 32.1 Å². The number of allylic oxidation sites excluding steroid dienone is 3. The van der Waals surface area contributed by atoms with Gasteiger partial charge in [-0.2, -0.15) is 0 Å². The maximum atomic E-state index is 6.00. The first kappa shape index (κ1) is 11.5. The molecule has 0 aromatic rings. The molecule has 1 fully saturated rings. The van der Waals surface area contributed by atoms with E-state index < -0.39 is 0 Å². The van der Waals surface area contributed by atoms with Gasteiger partial charge in [-0.15, -0.1) is 0 Å². The molecular formula is C15H22O2. The highest BCUT2D eigenvalue weighted by atomic mass is 16.7. The van der Waals surface area contributed by atoms with Gasteiger partial charge < -0.3 is 9.47 Å². The lowest BCUT2D eigenvalue weighted by atomic mass is 9.78. The van der Waals surface area contributed by atoms with Crippen molar-refractivity contribution in [1.82, 2.24) is 0 Å². The lowest BCUT2D eigenvalue weighted by Gasteiger charge is -2.42. The quantitative estimate of drug-likeness (QED) is 0.647. The first-order valence-electron chi connectivity index (χ1n) is 6.93. The van der Waals surface area contributed by atoms with Crippen molar-refractivity contribution in [2.45, 2.75) is 44.8 Å². The van der Waals surface area contributed by atoms with Crippen LogP contribution in [0.5, 0.6) is 0 Å². The van der Waals surface area contributed by atoms with E-state index in [0.717, 1.165) is 19.6 Å². The molecule has 0 radical (unpaired) electrons. The minimum absolute atomic E-state index is 0.0167. The third kappa shape index (κ3) is 2.48. The molecule has 1 aliphatic heterocycles. The highest BCUT2D eigenvalue weighted by molar-refractivity contribution is 5.00. The standard InChI is InChI=1S/C15H22O2/c1-3-7-13(8-4-1)14-16-11-15(12-17-14)9-5-2-6-10-15/h2-3,5,7,13-14H,1,4,6,8-12H2. The van der Waals surface area contributed by atoms with Crippen LogP contribution >= 0.6 is 0 Å². The van der Waals surface area contributed by atoms with E-state index in [-0.39, 0.29) is 11.7 Å². The number of hydrogen-bond acceptors (Lipinski definition) is 2. The second-order valence-electron chi connectivity index (χ2n) is 5.73. The van der Waals surface area contributed by atoms with E-state index in [1.807, 2.05) is 0 Å². The van der Waals surface area contributed by atoms with E-state index >= 15 is 0 Å². The van der Waals surface area contributed by atoms with Crippen LogP contribution in [0.2, 0.25) is 0 Å². The molecule has 0 amide bonds. The largest absolute Gasteiger partial charge is 0.351 e. The van der Waals surface area contributed by atoms with E-state index in [9.17, 15) is 0 Å². The summed E-state index contributed by atoms with van der Waals surface area (Å²) in [6, 6.07) is 0. The molecule has 1 spiro atoms. The first-order valence-corrected chi connectivity index (χ1v) is 6.93. The van der Waals surface area contributed by atoms with Crippen LogP contribution in [-0.2, 0) is 9.47 Å². The minimum atomic E-state index is 0.0167. The molecule has 1 heterocycles. The number of hydrogen-bond donors (Lipinski definition) is 0. The Kier molecular flexibility index (Phi) is 3.34. The minimum Gasteiger partial charge on any atom is -0.351 e. The molecule has 2 aliphatic carbocycles. The lowest BCUT2D eigenvalue weighted by Crippen LogP contribution is -2.44. The molecular weight excluding hydrogens is 212 g/mol. The Hall–Kier alpha value is -0.600. The van der Waals surface area contributed by atoms with Crippen molar-refractivity contribution in [2.24, 2.45) is 11.3 Å². The van der Waals surface area contributed by atoms with Gasteiger partial charge in [-0.25, -0.2) is 0 Å². The van der Waals surface area contributed by atoms with Crippen molar-refractivity contribution in [3.05, 3.63) is 24.3 Å². The van der Waals surface area contributed by atoms with Crippen LogP contribution in [0.15, 0.2) is 24.3 Å². The number of rotatable bonds is 1. The van der Waals surface area contributed by atoms with Crippen LogP contribution in [0.3, 0.4) is 0 Å². The van der Waals surface area contributed by atoms with Crippen molar-refractivity contribution in [3.8, 4) is 0 Å². The lowest BCUT2D eigenvalue weighted by molar-refractivity contribution is -0.246. The topological polar surface area (TPSA) is 18.5 Å². The summed E-state index contributed by atoms with van der Waals surface area (Å²) in [4.78, 5) is 0. The fraction of sp³-hybridized carbons (Fsp3) is 0.733. The summed E-state index contributed by atoms with van der Waals surface area (Å²) in [5.41, 5.74) is 0.281. The molecule has 2 heteroatoms. The summed E-state index contributed by atoms with van der Waals surface area (Å²) in [6.45, 7) is 1.76. The Morgan fingerprint density at radius 2 is 1.88 bits per heavy atom. The molecule has 17 heavy (non-hydrogen) atoms. The molecule has 94 valence electrons. The molecule has 0 N–H and O–H groups in total. The maximum absolute atomic E-state index is 6.00. The van der Waals surface area contributed by atoms with Crippen molar-refractivity contribution in [3.63, 3.8) is 0 Å². The molecule has 0 bridgehead atoms. The average molecular weight is 234 g/mol. The Morgan fingerprint density at radius 1 is 1.00 bits per heavy atom. The molecule has 3 rings (SSSR count). The molecule has 0 aromatic heterocycles. The third-order valence-corrected chi connectivity index (χ3v) is 4.31. The van der Waals surface area contributed by atoms with Gasteiger partial charge in [0.05, 0.1) is 13.2 Å². The van der Waals surface area contributed by atoms with Crippen molar-refractivity contribution in [2.75, 3.05) is 13.2 Å². The molecule has 3 aliphatic rings. The van der Waals surface area contributed by atoms with Gasteiger partial charge >= 0.3 is 0 Å². The predicted molar refractivity (Wildman–Crippen MR) is 67.6 cm³/mol. The predicted octanol–water partition coefficient (Wildman–Crippen LogP) is 3.44. The monoisotopic (exact) mass is 234 g/mol. The summed E-state index contributed by atoms with van der Waals surface area (Å²) < 4.78 is 12.0. The average Bonchev–Trinajstić information content (AvgIpc) is 2.42. The summed E-state index contributed by atoms with van der Waals surface area (Å²) >= 11 is 0. The van der Waals surface area contributed by atoms with Crippen molar-refractivity contribution in [1.29, 1.82) is 0 Å². The summed E-state index contributed by atoms with van der Waals surface area (Å²) in [5, 5.41) is 0. The highest BCUT2D eigenvalue weighted by Gasteiger charge is 2.38. The van der Waals surface area contributed by atoms with Gasteiger partial charge in [-0.3, -0.25) is 0 Å². The maximum Gasteiger partial charge on any atom is 0.163 e. The van der Waals surface area contributed by atoms with Gasteiger partial charge in [-0.05, 0) is 38.5 Å². The summed E-state index contributed by atoms with van der Waals surface area (Å²) in [5.74, 6) is 0.486. The zero-order chi connectivity index (χ0) is 11.6. The fourth-order valence-electron chi connectivity index (χ4n) is 3.13. The van der Waals surface area contributed by atoms with Crippen LogP contribution in [-0.4, -0.2) is 19.5 Å². The smallest absolute Gasteiger partial charge is 0.163 e. The van der Waals surface area contributed by atoms with E-state index in [4.69, 9.17) is 9.47 Å². The third-order valence-electron chi connectivity index (χ3n) is 4.31. The van der Waals surface area contributed by atoms with Crippen LogP contribution in [0.1, 0.15) is 38.5 Å². The van der Waals surface area contributed by atoms with Crippen molar-refractivity contribution >= 4 is 0 Å². The van der Waals surface area contributed by atoms with E-state index in [1.54, 1.807) is 0 Å². The van der Waals surface area contributed by atoms with Gasteiger partial charge in [0.2, 0.25) is 0 Å². The van der Waals surface area contributed by atoms with Crippen LogP contribution in [0, 0.1) is 11.3 Å². The molecule has 1 saturated heterocycles. The molecule has 1 unspecified atom stereocenters. The van der Waals surface area contributed by atoms with Gasteiger partial charge in [0.1, 0.15) is 0 Å². The Bertz CT molecular complexity index is 311. The van der Waals surface area contributed by atoms with Gasteiger partial charge in [0.25, 0.3) is 0 Å². The Morgan fingerprint density at radius 3 is 2.53 bits per heavy atom. The van der Waals surface area contributed by atoms with Crippen LogP contribution in [0.25, 0.3) is 0 Å². The Balaban J connectivity index is 1.58. The molecule has 2 nitrogen and oxygen atoms in total. The zero-order valence-corrected chi connectivity index (χ0v) is 10.4. The van der Waals surface area contributed by atoms with Crippen LogP contribution in [0.4, 0.5) is 0 Å². The summed E-state index contributed by atoms with van der Waals surface area (Å²) in [6.07, 6.45) is 16.4. The molecule has 1 atom stereocenters. The van der Waals surface area contributed by atoms with Gasteiger partial charge in [0, 0.05) is 11.3 Å². The van der Waals surface area contributed by atoms with Gasteiger partial charge in [-0.1, -0.05) is 24.3 Å². The summed E-state index contributed by atoms with van der Waals surface area (Å²) in [7, 11) is 0. The Labute approximate surface area is 104 Å². The fourth-order valence-corrected chi connectivity index (χ4v) is 3.13. The van der Waals surface area contributed by atoms with Crippen molar-refractivity contribution < 1.29 is 9.47 Å². The molecule has 0 saturated carbocycles. The highest BCUT2D eigenvalue weighted by Crippen LogP contribution is 2.38. The van der Waals surface area contributed by atoms with Crippen LogP contribution < -0.4 is 0 Å². The first-order chi connectivity index (χ1) is 8.38. The van der Waals surface area contributed by atoms with Gasteiger partial charge in [0.15, 0.2) is 6.29 Å². The second-order valence-corrected chi connectivity index (χ2v) is 5.73. The van der Waals surface area contributed by atoms with E-state index in [2.05, 4.69) is 24.3 Å². The SMILES string of the molecule is C1=CC(C2OCC3(CC=CCC3)CO2)CCC1.